The summed E-state index contributed by atoms with van der Waals surface area (Å²) in [6.07, 6.45) is 0.578. The van der Waals surface area contributed by atoms with Crippen LogP contribution >= 0.6 is 23.2 Å². The first-order valence-electron chi connectivity index (χ1n) is 3.74. The molecule has 0 radical (unpaired) electrons. The van der Waals surface area contributed by atoms with Gasteiger partial charge in [0.05, 0.1) is 5.02 Å². The Kier molecular flexibility index (Phi) is 4.08. The zero-order valence-corrected chi connectivity index (χ0v) is 8.29. The second kappa shape index (κ2) is 5.11. The Hall–Kier alpha value is -0.710. The van der Waals surface area contributed by atoms with E-state index in [-0.39, 0.29) is 5.02 Å². The fourth-order valence-electron chi connectivity index (χ4n) is 0.805. The molecule has 0 bridgehead atoms. The van der Waals surface area contributed by atoms with Crippen molar-refractivity contribution in [2.75, 3.05) is 5.88 Å². The quantitative estimate of drug-likeness (QED) is 0.499. The highest BCUT2D eigenvalue weighted by Gasteiger charge is 2.01. The van der Waals surface area contributed by atoms with Crippen LogP contribution in [0.2, 0.25) is 5.02 Å². The lowest BCUT2D eigenvalue weighted by Gasteiger charge is -1.95. The second-order valence-electron chi connectivity index (χ2n) is 2.34. The van der Waals surface area contributed by atoms with E-state index in [1.165, 1.54) is 6.07 Å². The molecule has 0 spiro atoms. The lowest BCUT2D eigenvalue weighted by atomic mass is 10.2. The molecule has 0 saturated carbocycles. The van der Waals surface area contributed by atoms with Crippen LogP contribution in [-0.2, 0) is 0 Å². The summed E-state index contributed by atoms with van der Waals surface area (Å²) in [6.45, 7) is 0. The topological polar surface area (TPSA) is 0 Å². The van der Waals surface area contributed by atoms with Gasteiger partial charge in [-0.05, 0) is 12.1 Å². The molecule has 0 unspecified atom stereocenters. The number of hydrogen-bond donors (Lipinski definition) is 0. The van der Waals surface area contributed by atoms with Crippen LogP contribution in [0.25, 0.3) is 0 Å². The van der Waals surface area contributed by atoms with E-state index >= 15 is 0 Å². The number of rotatable bonds is 1. The zero-order valence-electron chi connectivity index (χ0n) is 6.78. The normalized spacial score (nSPS) is 9.15. The Labute approximate surface area is 86.7 Å². The van der Waals surface area contributed by atoms with E-state index in [1.807, 2.05) is 0 Å². The zero-order chi connectivity index (χ0) is 9.68. The van der Waals surface area contributed by atoms with Gasteiger partial charge in [-0.15, -0.1) is 11.6 Å². The van der Waals surface area contributed by atoms with Crippen LogP contribution in [0, 0.1) is 17.7 Å². The van der Waals surface area contributed by atoms with Gasteiger partial charge in [0.1, 0.15) is 5.82 Å². The highest BCUT2D eigenvalue weighted by atomic mass is 35.5. The van der Waals surface area contributed by atoms with Crippen molar-refractivity contribution >= 4 is 23.2 Å². The predicted octanol–water partition coefficient (Wildman–Crippen LogP) is 3.46. The number of hydrogen-bond acceptors (Lipinski definition) is 0. The third kappa shape index (κ3) is 2.91. The van der Waals surface area contributed by atoms with Crippen molar-refractivity contribution in [1.29, 1.82) is 0 Å². The van der Waals surface area contributed by atoms with Crippen molar-refractivity contribution in [1.82, 2.24) is 0 Å². The summed E-state index contributed by atoms with van der Waals surface area (Å²) in [5, 5.41) is 0.0737. The van der Waals surface area contributed by atoms with Gasteiger partial charge >= 0.3 is 0 Å². The third-order valence-corrected chi connectivity index (χ3v) is 1.97. The maximum absolute atomic E-state index is 12.9. The molecule has 13 heavy (non-hydrogen) atoms. The van der Waals surface area contributed by atoms with Crippen LogP contribution in [0.3, 0.4) is 0 Å². The Morgan fingerprint density at radius 1 is 1.38 bits per heavy atom. The van der Waals surface area contributed by atoms with E-state index in [0.717, 1.165) is 0 Å². The molecule has 1 aromatic carbocycles. The minimum absolute atomic E-state index is 0.0737. The molecule has 0 heterocycles. The molecule has 0 aliphatic rings. The molecule has 0 nitrogen and oxygen atoms in total. The standard InChI is InChI=1S/C10H7Cl2F/c11-7-2-1-4-8-5-3-6-9(13)10(8)12/h3,5-6H,2,7H2. The van der Waals surface area contributed by atoms with Crippen molar-refractivity contribution < 1.29 is 4.39 Å². The van der Waals surface area contributed by atoms with Crippen LogP contribution < -0.4 is 0 Å². The maximum Gasteiger partial charge on any atom is 0.143 e. The molecule has 0 aliphatic heterocycles. The summed E-state index contributed by atoms with van der Waals surface area (Å²) in [4.78, 5) is 0. The number of halogens is 3. The van der Waals surface area contributed by atoms with Gasteiger partial charge in [0.25, 0.3) is 0 Å². The van der Waals surface area contributed by atoms with E-state index in [2.05, 4.69) is 11.8 Å². The average Bonchev–Trinajstić information content (AvgIpc) is 2.13. The predicted molar refractivity (Wildman–Crippen MR) is 53.6 cm³/mol. The molecule has 1 rings (SSSR count). The Balaban J connectivity index is 2.91. The minimum Gasteiger partial charge on any atom is -0.205 e. The van der Waals surface area contributed by atoms with Crippen molar-refractivity contribution in [3.05, 3.63) is 34.6 Å². The molecule has 0 atom stereocenters. The molecule has 68 valence electrons. The molecule has 0 amide bonds. The molecule has 0 aliphatic carbocycles. The largest absolute Gasteiger partial charge is 0.205 e. The summed E-state index contributed by atoms with van der Waals surface area (Å²) in [6, 6.07) is 4.55. The van der Waals surface area contributed by atoms with Gasteiger partial charge in [-0.1, -0.05) is 29.5 Å². The fraction of sp³-hybridized carbons (Fsp3) is 0.200. The van der Waals surface area contributed by atoms with Crippen LogP contribution in [0.1, 0.15) is 12.0 Å². The molecular weight excluding hydrogens is 210 g/mol. The van der Waals surface area contributed by atoms with Crippen molar-refractivity contribution in [2.45, 2.75) is 6.42 Å². The smallest absolute Gasteiger partial charge is 0.143 e. The number of benzene rings is 1. The molecule has 0 fully saturated rings. The highest BCUT2D eigenvalue weighted by Crippen LogP contribution is 2.18. The van der Waals surface area contributed by atoms with Crippen molar-refractivity contribution in [3.8, 4) is 11.8 Å². The van der Waals surface area contributed by atoms with Crippen molar-refractivity contribution in [3.63, 3.8) is 0 Å². The van der Waals surface area contributed by atoms with E-state index in [1.54, 1.807) is 12.1 Å². The van der Waals surface area contributed by atoms with Gasteiger partial charge in [-0.3, -0.25) is 0 Å². The molecule has 0 N–H and O–H groups in total. The van der Waals surface area contributed by atoms with Gasteiger partial charge < -0.3 is 0 Å². The van der Waals surface area contributed by atoms with Crippen LogP contribution in [0.15, 0.2) is 18.2 Å². The first kappa shape index (κ1) is 10.4. The van der Waals surface area contributed by atoms with Crippen LogP contribution in [-0.4, -0.2) is 5.88 Å². The first-order valence-corrected chi connectivity index (χ1v) is 4.66. The number of alkyl halides is 1. The Bertz CT molecular complexity index is 350. The van der Waals surface area contributed by atoms with Crippen molar-refractivity contribution in [2.24, 2.45) is 0 Å². The van der Waals surface area contributed by atoms with Gasteiger partial charge in [0, 0.05) is 17.9 Å². The molecule has 0 saturated heterocycles. The Morgan fingerprint density at radius 2 is 2.15 bits per heavy atom. The lowest BCUT2D eigenvalue weighted by molar-refractivity contribution is 0.628. The van der Waals surface area contributed by atoms with E-state index in [4.69, 9.17) is 23.2 Å². The van der Waals surface area contributed by atoms with Crippen LogP contribution in [0.5, 0.6) is 0 Å². The first-order chi connectivity index (χ1) is 6.25. The highest BCUT2D eigenvalue weighted by molar-refractivity contribution is 6.31. The summed E-state index contributed by atoms with van der Waals surface area (Å²) in [5.41, 5.74) is 0.506. The van der Waals surface area contributed by atoms with E-state index in [9.17, 15) is 4.39 Å². The molecule has 1 aromatic rings. The maximum atomic E-state index is 12.9. The summed E-state index contributed by atoms with van der Waals surface area (Å²) in [7, 11) is 0. The molecular formula is C10H7Cl2F. The van der Waals surface area contributed by atoms with E-state index in [0.29, 0.717) is 17.9 Å². The van der Waals surface area contributed by atoms with E-state index < -0.39 is 5.82 Å². The monoisotopic (exact) mass is 216 g/mol. The summed E-state index contributed by atoms with van der Waals surface area (Å²) < 4.78 is 12.9. The minimum atomic E-state index is -0.445. The third-order valence-electron chi connectivity index (χ3n) is 1.39. The molecule has 3 heteroatoms. The SMILES string of the molecule is Fc1cccc(C#CCCCl)c1Cl. The summed E-state index contributed by atoms with van der Waals surface area (Å²) in [5.74, 6) is 5.56. The van der Waals surface area contributed by atoms with Gasteiger partial charge in [0.2, 0.25) is 0 Å². The second-order valence-corrected chi connectivity index (χ2v) is 3.10. The van der Waals surface area contributed by atoms with Gasteiger partial charge in [-0.2, -0.15) is 0 Å². The average molecular weight is 217 g/mol. The lowest BCUT2D eigenvalue weighted by Crippen LogP contribution is -1.81. The molecule has 0 aromatic heterocycles. The summed E-state index contributed by atoms with van der Waals surface area (Å²) >= 11 is 11.1. The van der Waals surface area contributed by atoms with Gasteiger partial charge in [0.15, 0.2) is 0 Å². The van der Waals surface area contributed by atoms with Crippen LogP contribution in [0.4, 0.5) is 4.39 Å². The fourth-order valence-corrected chi connectivity index (χ4v) is 1.07. The van der Waals surface area contributed by atoms with Gasteiger partial charge in [-0.25, -0.2) is 4.39 Å². The Morgan fingerprint density at radius 3 is 2.85 bits per heavy atom.